The van der Waals surface area contributed by atoms with Gasteiger partial charge in [0, 0.05) is 117 Å². The number of aryl methyl sites for hydroxylation is 2. The number of rotatable bonds is 21. The number of ether oxygens (including phenoxy) is 4. The van der Waals surface area contributed by atoms with Crippen molar-refractivity contribution in [1.82, 2.24) is 4.90 Å². The number of nitro groups is 4. The number of amides is 4. The number of aliphatic imine (C=N–C) groups is 1. The quantitative estimate of drug-likeness (QED) is 0.00448. The second-order valence-electron chi connectivity index (χ2n) is 20.1. The molecule has 560 valence electrons. The maximum Gasteiger partial charge on any atom is 0.330 e. The molecule has 0 saturated carbocycles. The van der Waals surface area contributed by atoms with Gasteiger partial charge in [0.25, 0.3) is 22.7 Å². The van der Waals surface area contributed by atoms with E-state index in [0.717, 1.165) is 42.0 Å². The Labute approximate surface area is 644 Å². The van der Waals surface area contributed by atoms with Gasteiger partial charge in [0.15, 0.2) is 0 Å². The number of nitro benzene ring substituents is 4. The van der Waals surface area contributed by atoms with Gasteiger partial charge < -0.3 is 56.6 Å². The lowest BCUT2D eigenvalue weighted by Gasteiger charge is -2.14. The van der Waals surface area contributed by atoms with E-state index in [9.17, 15) is 74.0 Å². The van der Waals surface area contributed by atoms with Crippen molar-refractivity contribution >= 4 is 203 Å². The van der Waals surface area contributed by atoms with E-state index in [1.807, 2.05) is 0 Å². The van der Waals surface area contributed by atoms with E-state index >= 15 is 0 Å². The van der Waals surface area contributed by atoms with Crippen LogP contribution in [0.3, 0.4) is 0 Å². The summed E-state index contributed by atoms with van der Waals surface area (Å²) in [6.07, 6.45) is 6.09. The van der Waals surface area contributed by atoms with Gasteiger partial charge in [0.1, 0.15) is 0 Å². The van der Waals surface area contributed by atoms with Crippen molar-refractivity contribution < 1.29 is 72.2 Å². The standard InChI is InChI=1S/C24H20Cl4N4O4.C10H8N2O6.C10H14N2O2.C7H3Cl2NO.C6H3IN2O4.C6H15N.C4H6O2/c1-36-22(33)3-2-13-4-18(29-23(34)31-20-8-14(25)6-15(26)9-20)12-19(5-13)30-24(35)32-21-10-16(27)7-17(28)11-21;1-18-10(13)3-2-7-4-8(11(14)15)6-9(5-7)12(16)17;1-14-10(13)3-2-7-4-8(11)6-9(12)5-7;8-5-1-6(9)3-7(2-5)10-4-11;7-4-1-5(8(10)11)3-6(2-4)9(12)13;1-4-7(5-2)6-3;1-3-4(5)6-2/h4-12H,2-3H2,1H3,(H2,29,31,34)(H2,30,32,35);2-6H,1H3;4-6H,2-3,11-12H2,1H3;1-3H;1-3H;4-6H2,1-3H3;3H,1H2,2H3/b;3-2+;;;;;. The third kappa shape index (κ3) is 40.2. The van der Waals surface area contributed by atoms with Gasteiger partial charge in [-0.25, -0.2) is 24.0 Å². The van der Waals surface area contributed by atoms with Gasteiger partial charge in [-0.2, -0.15) is 4.99 Å². The summed E-state index contributed by atoms with van der Waals surface area (Å²) in [6, 6.07) is 29.5. The molecule has 0 unspecified atom stereocenters. The van der Waals surface area contributed by atoms with Gasteiger partial charge in [-0.05, 0) is 169 Å². The number of benzene rings is 7. The average molecular weight is 1690 g/mol. The van der Waals surface area contributed by atoms with Crippen LogP contribution >= 0.6 is 92.2 Å². The molecule has 31 nitrogen and oxygen atoms in total. The minimum atomic E-state index is -0.748. The lowest BCUT2D eigenvalue weighted by molar-refractivity contribution is -0.394. The van der Waals surface area contributed by atoms with Gasteiger partial charge in [-0.15, -0.1) is 0 Å². The number of halogens is 7. The molecular formula is C67H69Cl6IN12O19. The summed E-state index contributed by atoms with van der Waals surface area (Å²) < 4.78 is 18.2. The van der Waals surface area contributed by atoms with Crippen LogP contribution < -0.4 is 32.7 Å². The number of carbonyl (C=O) groups excluding carboxylic acids is 7. The molecule has 0 saturated heterocycles. The Morgan fingerprint density at radius 3 is 1.12 bits per heavy atom. The van der Waals surface area contributed by atoms with E-state index in [4.69, 9.17) is 85.8 Å². The highest BCUT2D eigenvalue weighted by Gasteiger charge is 2.18. The Kier molecular flexibility index (Phi) is 44.0. The Bertz CT molecular complexity index is 4050. The van der Waals surface area contributed by atoms with Gasteiger partial charge >= 0.3 is 35.9 Å². The van der Waals surface area contributed by atoms with Crippen molar-refractivity contribution in [3.8, 4) is 0 Å². The number of hydrogen-bond donors (Lipinski definition) is 6. The maximum absolute atomic E-state index is 12.6. The number of nitrogen functional groups attached to an aromatic ring is 2. The number of nitrogens with one attached hydrogen (secondary N) is 4. The minimum absolute atomic E-state index is 0.111. The first-order valence-corrected chi connectivity index (χ1v) is 33.1. The highest BCUT2D eigenvalue weighted by atomic mass is 127. The molecular weight excluding hydrogens is 1620 g/mol. The number of nitrogens with zero attached hydrogens (tertiary/aromatic N) is 6. The van der Waals surface area contributed by atoms with Gasteiger partial charge in [0.2, 0.25) is 6.08 Å². The fourth-order valence-corrected chi connectivity index (χ4v) is 9.95. The van der Waals surface area contributed by atoms with Crippen LogP contribution in [0.2, 0.25) is 30.1 Å². The summed E-state index contributed by atoms with van der Waals surface area (Å²) in [5, 5.41) is 54.8. The normalized spacial score (nSPS) is 9.82. The average Bonchev–Trinajstić information content (AvgIpc) is 0.859. The lowest BCUT2D eigenvalue weighted by Crippen LogP contribution is -2.21. The summed E-state index contributed by atoms with van der Waals surface area (Å²) in [5.74, 6) is -1.68. The van der Waals surface area contributed by atoms with Gasteiger partial charge in [0.05, 0.1) is 66.0 Å². The second kappa shape index (κ2) is 50.0. The smallest absolute Gasteiger partial charge is 0.330 e. The van der Waals surface area contributed by atoms with Crippen LogP contribution in [-0.4, -0.2) is 115 Å². The van der Waals surface area contributed by atoms with Crippen molar-refractivity contribution in [2.24, 2.45) is 4.99 Å². The van der Waals surface area contributed by atoms with Crippen LogP contribution in [0.5, 0.6) is 0 Å². The third-order valence-electron chi connectivity index (χ3n) is 12.5. The Hall–Kier alpha value is -10.6. The van der Waals surface area contributed by atoms with Gasteiger partial charge in [-0.3, -0.25) is 50.0 Å². The topological polar surface area (TPSA) is 445 Å². The Morgan fingerprint density at radius 1 is 0.495 bits per heavy atom. The van der Waals surface area contributed by atoms with Crippen molar-refractivity contribution in [2.45, 2.75) is 46.5 Å². The zero-order valence-electron chi connectivity index (χ0n) is 56.8. The molecule has 4 amide bonds. The molecule has 7 aromatic carbocycles. The fourth-order valence-electron chi connectivity index (χ4n) is 7.74. The molecule has 0 bridgehead atoms. The van der Waals surface area contributed by atoms with Crippen molar-refractivity contribution in [2.75, 3.05) is 80.8 Å². The van der Waals surface area contributed by atoms with Crippen LogP contribution in [0, 0.1) is 44.0 Å². The first-order valence-electron chi connectivity index (χ1n) is 29.8. The number of esters is 4. The minimum Gasteiger partial charge on any atom is -0.469 e. The van der Waals surface area contributed by atoms with E-state index < -0.39 is 61.0 Å². The summed E-state index contributed by atoms with van der Waals surface area (Å²) in [6.45, 7) is 13.3. The van der Waals surface area contributed by atoms with Crippen molar-refractivity contribution in [3.05, 3.63) is 237 Å². The number of methoxy groups -OCH3 is 4. The summed E-state index contributed by atoms with van der Waals surface area (Å²) in [7, 11) is 5.15. The number of non-ortho nitro benzene ring substituents is 4. The van der Waals surface area contributed by atoms with Crippen LogP contribution in [0.25, 0.3) is 6.08 Å². The monoisotopic (exact) mass is 1680 g/mol. The molecule has 38 heteroatoms. The summed E-state index contributed by atoms with van der Waals surface area (Å²) in [4.78, 5) is 123. The van der Waals surface area contributed by atoms with E-state index in [1.54, 1.807) is 89.3 Å². The SMILES string of the molecule is C=CC(=O)OC.CCN(CC)CC.COC(=O)/C=C/c1cc([N+](=O)[O-])cc([N+](=O)[O-])c1.COC(=O)CCc1cc(N)cc(N)c1.COC(=O)CCc1cc(NC(=O)Nc2cc(Cl)cc(Cl)c2)cc(NC(=O)Nc2cc(Cl)cc(Cl)c2)c1.O=C=Nc1cc(Cl)cc(Cl)c1.O=[N+]([O-])c1cc(I)cc([N+](=O)[O-])c1. The number of isocyanates is 1. The van der Waals surface area contributed by atoms with Crippen molar-refractivity contribution in [3.63, 3.8) is 0 Å². The third-order valence-corrected chi connectivity index (χ3v) is 14.4. The molecule has 8 N–H and O–H groups in total. The van der Waals surface area contributed by atoms with Crippen LogP contribution in [-0.2, 0) is 55.8 Å². The highest BCUT2D eigenvalue weighted by Crippen LogP contribution is 2.29. The fraction of sp³-hybridized carbons (Fsp3) is 0.209. The zero-order valence-corrected chi connectivity index (χ0v) is 63.4. The number of hydrogen-bond acceptors (Lipinski definition) is 23. The molecule has 0 aromatic heterocycles. The maximum atomic E-state index is 12.6. The summed E-state index contributed by atoms with van der Waals surface area (Å²) >= 11 is 36.9. The van der Waals surface area contributed by atoms with Crippen LogP contribution in [0.1, 0.15) is 50.3 Å². The molecule has 0 heterocycles. The molecule has 0 aliphatic heterocycles. The lowest BCUT2D eigenvalue weighted by atomic mass is 10.1. The largest absolute Gasteiger partial charge is 0.469 e. The molecule has 0 aliphatic rings. The molecule has 0 spiro atoms. The molecule has 7 aromatic rings. The molecule has 0 fully saturated rings. The Balaban J connectivity index is 0.000000673. The molecule has 105 heavy (non-hydrogen) atoms. The van der Waals surface area contributed by atoms with Crippen LogP contribution in [0.15, 0.2) is 151 Å². The molecule has 0 aliphatic carbocycles. The number of nitrogens with two attached hydrogens (primary N) is 2. The first kappa shape index (κ1) is 92.5. The van der Waals surface area contributed by atoms with E-state index in [1.165, 1.54) is 96.6 Å². The predicted molar refractivity (Wildman–Crippen MR) is 414 cm³/mol. The number of carbonyl (C=O) groups is 6. The predicted octanol–water partition coefficient (Wildman–Crippen LogP) is 17.1. The Morgan fingerprint density at radius 2 is 0.829 bits per heavy atom. The molecule has 0 atom stereocenters. The number of anilines is 6. The second-order valence-corrected chi connectivity index (χ2v) is 23.9. The van der Waals surface area contributed by atoms with E-state index in [0.29, 0.717) is 98.3 Å². The van der Waals surface area contributed by atoms with E-state index in [-0.39, 0.29) is 29.3 Å². The van der Waals surface area contributed by atoms with Gasteiger partial charge in [-0.1, -0.05) is 97.0 Å². The zero-order chi connectivity index (χ0) is 79.5. The molecule has 7 rings (SSSR count). The summed E-state index contributed by atoms with van der Waals surface area (Å²) in [5.41, 5.74) is 14.8. The van der Waals surface area contributed by atoms with E-state index in [2.05, 4.69) is 72.7 Å². The van der Waals surface area contributed by atoms with Crippen molar-refractivity contribution in [1.29, 1.82) is 0 Å². The molecule has 0 radical (unpaired) electrons. The first-order chi connectivity index (χ1) is 49.5. The highest BCUT2D eigenvalue weighted by molar-refractivity contribution is 14.1. The van der Waals surface area contributed by atoms with Crippen LogP contribution in [0.4, 0.5) is 72.2 Å². The number of urea groups is 2.